The molecule has 0 bridgehead atoms. The molecule has 0 radical (unpaired) electrons. The van der Waals surface area contributed by atoms with E-state index in [1.54, 1.807) is 18.2 Å². The third kappa shape index (κ3) is 6.31. The maximum Gasteiger partial charge on any atom is 0.220 e. The first-order valence-corrected chi connectivity index (χ1v) is 6.29. The van der Waals surface area contributed by atoms with Crippen molar-refractivity contribution in [2.24, 2.45) is 0 Å². The van der Waals surface area contributed by atoms with Crippen molar-refractivity contribution in [1.82, 2.24) is 5.32 Å². The number of benzene rings is 1. The molecule has 1 N–H and O–H groups in total. The van der Waals surface area contributed by atoms with Crippen LogP contribution in [-0.4, -0.2) is 25.0 Å². The lowest BCUT2D eigenvalue weighted by Gasteiger charge is -2.09. The molecule has 0 heterocycles. The summed E-state index contributed by atoms with van der Waals surface area (Å²) in [7, 11) is 0. The zero-order chi connectivity index (χ0) is 14.3. The van der Waals surface area contributed by atoms with Gasteiger partial charge in [0, 0.05) is 23.5 Å². The molecular formula is C12H12Cl2NO4-. The second-order valence-electron chi connectivity index (χ2n) is 3.65. The summed E-state index contributed by atoms with van der Waals surface area (Å²) in [5, 5.41) is 13.6. The van der Waals surface area contributed by atoms with Gasteiger partial charge in [0.25, 0.3) is 0 Å². The third-order valence-electron chi connectivity index (χ3n) is 2.13. The fraction of sp³-hybridized carbons (Fsp3) is 0.333. The Bertz CT molecular complexity index is 465. The molecular weight excluding hydrogens is 293 g/mol. The fourth-order valence-corrected chi connectivity index (χ4v) is 1.58. The van der Waals surface area contributed by atoms with Gasteiger partial charge in [-0.15, -0.1) is 0 Å². The second-order valence-corrected chi connectivity index (χ2v) is 4.49. The molecule has 19 heavy (non-hydrogen) atoms. The number of hydrogen-bond acceptors (Lipinski definition) is 4. The minimum absolute atomic E-state index is 0.111. The van der Waals surface area contributed by atoms with E-state index in [0.29, 0.717) is 15.8 Å². The molecule has 1 aromatic carbocycles. The minimum atomic E-state index is -1.25. The maximum absolute atomic E-state index is 11.2. The van der Waals surface area contributed by atoms with Crippen LogP contribution in [0.2, 0.25) is 10.0 Å². The van der Waals surface area contributed by atoms with Gasteiger partial charge in [-0.25, -0.2) is 0 Å². The molecule has 0 saturated heterocycles. The van der Waals surface area contributed by atoms with E-state index in [2.05, 4.69) is 5.32 Å². The summed E-state index contributed by atoms with van der Waals surface area (Å²) in [5.74, 6) is -1.19. The van der Waals surface area contributed by atoms with Gasteiger partial charge >= 0.3 is 0 Å². The number of carbonyl (C=O) groups is 2. The molecule has 0 aromatic heterocycles. The van der Waals surface area contributed by atoms with Crippen LogP contribution in [0.3, 0.4) is 0 Å². The van der Waals surface area contributed by atoms with Crippen LogP contribution in [0.25, 0.3) is 0 Å². The number of carboxylic acids is 1. The standard InChI is InChI=1S/C12H13Cl2NO4/c13-8-1-2-9(14)10(7-8)19-6-5-15-11(16)3-4-12(17)18/h1-2,7H,3-6H2,(H,15,16)(H,17,18)/p-1. The van der Waals surface area contributed by atoms with E-state index in [1.807, 2.05) is 0 Å². The summed E-state index contributed by atoms with van der Waals surface area (Å²) in [5.41, 5.74) is 0. The Morgan fingerprint density at radius 2 is 2.00 bits per heavy atom. The highest BCUT2D eigenvalue weighted by Crippen LogP contribution is 2.27. The van der Waals surface area contributed by atoms with Crippen LogP contribution in [-0.2, 0) is 9.59 Å². The SMILES string of the molecule is O=C([O-])CCC(=O)NCCOc1cc(Cl)ccc1Cl. The zero-order valence-electron chi connectivity index (χ0n) is 9.95. The van der Waals surface area contributed by atoms with E-state index in [1.165, 1.54) is 0 Å². The highest BCUT2D eigenvalue weighted by Gasteiger charge is 2.04. The summed E-state index contributed by atoms with van der Waals surface area (Å²) in [6.45, 7) is 0.450. The van der Waals surface area contributed by atoms with E-state index in [-0.39, 0.29) is 31.9 Å². The molecule has 1 aromatic rings. The monoisotopic (exact) mass is 304 g/mol. The van der Waals surface area contributed by atoms with Crippen molar-refractivity contribution in [3.63, 3.8) is 0 Å². The van der Waals surface area contributed by atoms with Gasteiger partial charge in [-0.3, -0.25) is 4.79 Å². The van der Waals surface area contributed by atoms with Crippen LogP contribution in [0, 0.1) is 0 Å². The molecule has 1 amide bonds. The predicted octanol–water partition coefficient (Wildman–Crippen LogP) is 1.02. The van der Waals surface area contributed by atoms with Gasteiger partial charge in [-0.05, 0) is 18.6 Å². The van der Waals surface area contributed by atoms with Crippen molar-refractivity contribution in [2.45, 2.75) is 12.8 Å². The molecule has 0 aliphatic carbocycles. The van der Waals surface area contributed by atoms with Crippen LogP contribution in [0.1, 0.15) is 12.8 Å². The van der Waals surface area contributed by atoms with E-state index in [9.17, 15) is 14.7 Å². The van der Waals surface area contributed by atoms with Gasteiger partial charge in [-0.1, -0.05) is 23.2 Å². The first kappa shape index (κ1) is 15.6. The van der Waals surface area contributed by atoms with Crippen molar-refractivity contribution in [3.05, 3.63) is 28.2 Å². The Balaban J connectivity index is 2.25. The van der Waals surface area contributed by atoms with E-state index >= 15 is 0 Å². The number of nitrogens with one attached hydrogen (secondary N) is 1. The lowest BCUT2D eigenvalue weighted by atomic mass is 10.3. The van der Waals surface area contributed by atoms with Crippen LogP contribution in [0.5, 0.6) is 5.75 Å². The molecule has 7 heteroatoms. The fourth-order valence-electron chi connectivity index (χ4n) is 1.24. The highest BCUT2D eigenvalue weighted by atomic mass is 35.5. The summed E-state index contributed by atoms with van der Waals surface area (Å²) in [6, 6.07) is 4.82. The number of hydrogen-bond donors (Lipinski definition) is 1. The molecule has 0 spiro atoms. The topological polar surface area (TPSA) is 78.5 Å². The maximum atomic E-state index is 11.2. The minimum Gasteiger partial charge on any atom is -0.550 e. The van der Waals surface area contributed by atoms with Gasteiger partial charge < -0.3 is 20.0 Å². The average molecular weight is 305 g/mol. The Morgan fingerprint density at radius 1 is 1.26 bits per heavy atom. The van der Waals surface area contributed by atoms with Crippen molar-refractivity contribution in [2.75, 3.05) is 13.2 Å². The number of rotatable bonds is 7. The molecule has 5 nitrogen and oxygen atoms in total. The third-order valence-corrected chi connectivity index (χ3v) is 2.68. The molecule has 1 rings (SSSR count). The number of aliphatic carboxylic acids is 1. The Morgan fingerprint density at radius 3 is 2.68 bits per heavy atom. The van der Waals surface area contributed by atoms with Gasteiger partial charge in [0.1, 0.15) is 12.4 Å². The second kappa shape index (κ2) is 7.86. The van der Waals surface area contributed by atoms with Gasteiger partial charge in [-0.2, -0.15) is 0 Å². The molecule has 0 saturated carbocycles. The lowest BCUT2D eigenvalue weighted by Crippen LogP contribution is -2.30. The number of carboxylic acid groups (broad SMARTS) is 1. The van der Waals surface area contributed by atoms with Gasteiger partial charge in [0.15, 0.2) is 0 Å². The quantitative estimate of drug-likeness (QED) is 0.763. The molecule has 104 valence electrons. The van der Waals surface area contributed by atoms with E-state index in [0.717, 1.165) is 0 Å². The van der Waals surface area contributed by atoms with Crippen LogP contribution < -0.4 is 15.2 Å². The summed E-state index contributed by atoms with van der Waals surface area (Å²) in [6.07, 6.45) is -0.410. The summed E-state index contributed by atoms with van der Waals surface area (Å²) < 4.78 is 5.33. The van der Waals surface area contributed by atoms with Crippen LogP contribution in [0.15, 0.2) is 18.2 Å². The van der Waals surface area contributed by atoms with Gasteiger partial charge in [0.05, 0.1) is 11.6 Å². The predicted molar refractivity (Wildman–Crippen MR) is 69.2 cm³/mol. The Labute approximate surface area is 120 Å². The first-order valence-electron chi connectivity index (χ1n) is 5.53. The number of ether oxygens (including phenoxy) is 1. The zero-order valence-corrected chi connectivity index (χ0v) is 11.5. The molecule has 0 fully saturated rings. The van der Waals surface area contributed by atoms with E-state index in [4.69, 9.17) is 27.9 Å². The number of amides is 1. The number of halogens is 2. The van der Waals surface area contributed by atoms with E-state index < -0.39 is 5.97 Å². The molecule has 0 unspecified atom stereocenters. The lowest BCUT2D eigenvalue weighted by molar-refractivity contribution is -0.305. The first-order chi connectivity index (χ1) is 8.99. The average Bonchev–Trinajstić information content (AvgIpc) is 2.36. The Kier molecular flexibility index (Phi) is 6.45. The van der Waals surface area contributed by atoms with Crippen LogP contribution >= 0.6 is 23.2 Å². The molecule has 0 aliphatic rings. The number of carbonyl (C=O) groups excluding carboxylic acids is 2. The van der Waals surface area contributed by atoms with Crippen LogP contribution in [0.4, 0.5) is 0 Å². The van der Waals surface area contributed by atoms with Crippen molar-refractivity contribution in [3.8, 4) is 5.75 Å². The van der Waals surface area contributed by atoms with Crippen molar-refractivity contribution < 1.29 is 19.4 Å². The normalized spacial score (nSPS) is 10.0. The molecule has 0 aliphatic heterocycles. The van der Waals surface area contributed by atoms with Crippen molar-refractivity contribution >= 4 is 35.1 Å². The molecule has 0 atom stereocenters. The smallest absolute Gasteiger partial charge is 0.220 e. The van der Waals surface area contributed by atoms with Crippen molar-refractivity contribution in [1.29, 1.82) is 0 Å². The summed E-state index contributed by atoms with van der Waals surface area (Å²) in [4.78, 5) is 21.3. The summed E-state index contributed by atoms with van der Waals surface area (Å²) >= 11 is 11.7. The Hall–Kier alpha value is -1.46. The van der Waals surface area contributed by atoms with Gasteiger partial charge in [0.2, 0.25) is 5.91 Å². The highest BCUT2D eigenvalue weighted by molar-refractivity contribution is 6.34. The largest absolute Gasteiger partial charge is 0.550 e.